The van der Waals surface area contributed by atoms with Gasteiger partial charge in [-0.05, 0) is 5.92 Å². The van der Waals surface area contributed by atoms with Crippen molar-refractivity contribution in [2.45, 2.75) is 37.2 Å². The molecule has 1 aromatic heterocycles. The van der Waals surface area contributed by atoms with Gasteiger partial charge in [-0.25, -0.2) is 14.8 Å². The predicted octanol–water partition coefficient (Wildman–Crippen LogP) is 3.21. The maximum absolute atomic E-state index is 11.2. The van der Waals surface area contributed by atoms with E-state index in [1.54, 1.807) is 0 Å². The molecule has 0 radical (unpaired) electrons. The number of carboxylic acids is 1. The van der Waals surface area contributed by atoms with Crippen LogP contribution in [0.5, 0.6) is 0 Å². The van der Waals surface area contributed by atoms with Crippen molar-refractivity contribution in [3.8, 4) is 0 Å². The van der Waals surface area contributed by atoms with Crippen LogP contribution in [-0.4, -0.2) is 37.8 Å². The molecule has 19 heavy (non-hydrogen) atoms. The van der Waals surface area contributed by atoms with Crippen molar-refractivity contribution < 1.29 is 9.90 Å². The molecule has 2 rings (SSSR count). The highest BCUT2D eigenvalue weighted by atomic mass is 32.2. The van der Waals surface area contributed by atoms with Crippen LogP contribution >= 0.6 is 23.5 Å². The smallest absolute Gasteiger partial charge is 0.339 e. The Balaban J connectivity index is 2.37. The Labute approximate surface area is 121 Å². The normalized spacial score (nSPS) is 23.6. The van der Waals surface area contributed by atoms with Crippen molar-refractivity contribution in [2.75, 3.05) is 11.5 Å². The van der Waals surface area contributed by atoms with E-state index in [9.17, 15) is 9.90 Å². The minimum atomic E-state index is -0.950. The van der Waals surface area contributed by atoms with Crippen molar-refractivity contribution in [1.29, 1.82) is 0 Å². The van der Waals surface area contributed by atoms with Crippen LogP contribution in [-0.2, 0) is 0 Å². The van der Waals surface area contributed by atoms with Gasteiger partial charge >= 0.3 is 5.97 Å². The molecule has 4 nitrogen and oxygen atoms in total. The van der Waals surface area contributed by atoms with E-state index in [2.05, 4.69) is 16.9 Å². The Morgan fingerprint density at radius 2 is 2.11 bits per heavy atom. The molecular weight excluding hydrogens is 280 g/mol. The number of thioether (sulfide) groups is 2. The Morgan fingerprint density at radius 1 is 1.42 bits per heavy atom. The molecule has 0 aliphatic carbocycles. The standard InChI is InChI=1S/C13H18N2O2S2/c1-7(2)10-9(13(16)17)6-14-12(15-10)11-8(3)18-4-5-19-11/h6-8,11H,4-5H2,1-3H3,(H,16,17). The van der Waals surface area contributed by atoms with Gasteiger partial charge in [0.25, 0.3) is 0 Å². The maximum Gasteiger partial charge on any atom is 0.339 e. The summed E-state index contributed by atoms with van der Waals surface area (Å²) < 4.78 is 0. The number of carbonyl (C=O) groups is 1. The number of aromatic carboxylic acids is 1. The summed E-state index contributed by atoms with van der Waals surface area (Å²) in [6, 6.07) is 0. The molecule has 2 unspecified atom stereocenters. The first-order valence-corrected chi connectivity index (χ1v) is 8.43. The van der Waals surface area contributed by atoms with E-state index < -0.39 is 5.97 Å². The first kappa shape index (κ1) is 14.7. The molecule has 1 aliphatic rings. The van der Waals surface area contributed by atoms with Gasteiger partial charge < -0.3 is 5.11 Å². The molecular formula is C13H18N2O2S2. The largest absolute Gasteiger partial charge is 0.478 e. The molecule has 2 heterocycles. The van der Waals surface area contributed by atoms with Crippen molar-refractivity contribution in [3.63, 3.8) is 0 Å². The average Bonchev–Trinajstić information content (AvgIpc) is 2.38. The molecule has 1 N–H and O–H groups in total. The Morgan fingerprint density at radius 3 is 2.68 bits per heavy atom. The predicted molar refractivity (Wildman–Crippen MR) is 80.2 cm³/mol. The van der Waals surface area contributed by atoms with E-state index in [0.717, 1.165) is 17.3 Å². The van der Waals surface area contributed by atoms with Gasteiger partial charge in [-0.3, -0.25) is 0 Å². The summed E-state index contributed by atoms with van der Waals surface area (Å²) >= 11 is 3.79. The number of aromatic nitrogens is 2. The van der Waals surface area contributed by atoms with Crippen molar-refractivity contribution in [3.05, 3.63) is 23.3 Å². The molecule has 0 amide bonds. The van der Waals surface area contributed by atoms with Gasteiger partial charge in [0.05, 0.1) is 16.5 Å². The fraction of sp³-hybridized carbons (Fsp3) is 0.615. The van der Waals surface area contributed by atoms with Gasteiger partial charge in [-0.1, -0.05) is 20.8 Å². The summed E-state index contributed by atoms with van der Waals surface area (Å²) in [7, 11) is 0. The first-order valence-electron chi connectivity index (χ1n) is 6.34. The lowest BCUT2D eigenvalue weighted by Crippen LogP contribution is -2.20. The molecule has 0 saturated carbocycles. The fourth-order valence-electron chi connectivity index (χ4n) is 2.07. The lowest BCUT2D eigenvalue weighted by atomic mass is 10.1. The molecule has 0 spiro atoms. The summed E-state index contributed by atoms with van der Waals surface area (Å²) in [5.41, 5.74) is 0.862. The van der Waals surface area contributed by atoms with Crippen LogP contribution in [0.1, 0.15) is 53.8 Å². The lowest BCUT2D eigenvalue weighted by molar-refractivity contribution is 0.0694. The van der Waals surface area contributed by atoms with Crippen molar-refractivity contribution in [1.82, 2.24) is 9.97 Å². The van der Waals surface area contributed by atoms with E-state index in [1.807, 2.05) is 37.4 Å². The quantitative estimate of drug-likeness (QED) is 0.924. The van der Waals surface area contributed by atoms with E-state index in [0.29, 0.717) is 10.9 Å². The summed E-state index contributed by atoms with van der Waals surface area (Å²) in [6.45, 7) is 6.11. The molecule has 0 aromatic carbocycles. The zero-order valence-corrected chi connectivity index (χ0v) is 12.9. The topological polar surface area (TPSA) is 63.1 Å². The monoisotopic (exact) mass is 298 g/mol. The number of carboxylic acid groups (broad SMARTS) is 1. The highest BCUT2D eigenvalue weighted by Gasteiger charge is 2.28. The minimum Gasteiger partial charge on any atom is -0.478 e. The van der Waals surface area contributed by atoms with Gasteiger partial charge in [-0.15, -0.1) is 11.8 Å². The second-order valence-corrected chi connectivity index (χ2v) is 7.59. The van der Waals surface area contributed by atoms with E-state index in [4.69, 9.17) is 0 Å². The molecule has 1 fully saturated rings. The Kier molecular flexibility index (Phi) is 4.73. The zero-order valence-electron chi connectivity index (χ0n) is 11.3. The van der Waals surface area contributed by atoms with Gasteiger partial charge in [-0.2, -0.15) is 11.8 Å². The van der Waals surface area contributed by atoms with E-state index >= 15 is 0 Å². The SMILES string of the molecule is CC(C)c1nc(C2SCCSC2C)ncc1C(=O)O. The van der Waals surface area contributed by atoms with Gasteiger partial charge in [0.1, 0.15) is 5.82 Å². The van der Waals surface area contributed by atoms with Crippen LogP contribution in [0.3, 0.4) is 0 Å². The van der Waals surface area contributed by atoms with Crippen LogP contribution in [0.15, 0.2) is 6.20 Å². The molecule has 0 bridgehead atoms. The van der Waals surface area contributed by atoms with Gasteiger partial charge in [0.15, 0.2) is 0 Å². The zero-order chi connectivity index (χ0) is 14.0. The van der Waals surface area contributed by atoms with Crippen LogP contribution < -0.4 is 0 Å². The summed E-state index contributed by atoms with van der Waals surface area (Å²) in [4.78, 5) is 20.0. The summed E-state index contributed by atoms with van der Waals surface area (Å²) in [6.07, 6.45) is 1.46. The Bertz CT molecular complexity index is 480. The van der Waals surface area contributed by atoms with E-state index in [1.165, 1.54) is 6.20 Å². The van der Waals surface area contributed by atoms with Crippen LogP contribution in [0.4, 0.5) is 0 Å². The number of nitrogens with zero attached hydrogens (tertiary/aromatic N) is 2. The molecule has 2 atom stereocenters. The lowest BCUT2D eigenvalue weighted by Gasteiger charge is -2.27. The third-order valence-corrected chi connectivity index (χ3v) is 6.14. The number of hydrogen-bond donors (Lipinski definition) is 1. The third-order valence-electron chi connectivity index (χ3n) is 3.06. The maximum atomic E-state index is 11.2. The summed E-state index contributed by atoms with van der Waals surface area (Å²) in [5.74, 6) is 2.17. The van der Waals surface area contributed by atoms with Crippen molar-refractivity contribution >= 4 is 29.5 Å². The molecule has 6 heteroatoms. The van der Waals surface area contributed by atoms with Crippen LogP contribution in [0, 0.1) is 0 Å². The third kappa shape index (κ3) is 3.23. The second-order valence-electron chi connectivity index (χ2n) is 4.85. The first-order chi connectivity index (χ1) is 9.00. The van der Waals surface area contributed by atoms with Crippen molar-refractivity contribution in [2.24, 2.45) is 0 Å². The average molecular weight is 298 g/mol. The molecule has 1 aliphatic heterocycles. The highest BCUT2D eigenvalue weighted by Crippen LogP contribution is 2.41. The molecule has 1 saturated heterocycles. The second kappa shape index (κ2) is 6.13. The Hall–Kier alpha value is -0.750. The number of hydrogen-bond acceptors (Lipinski definition) is 5. The van der Waals surface area contributed by atoms with Crippen LogP contribution in [0.2, 0.25) is 0 Å². The molecule has 1 aromatic rings. The van der Waals surface area contributed by atoms with Gasteiger partial charge in [0, 0.05) is 23.0 Å². The fourth-order valence-corrected chi connectivity index (χ4v) is 4.76. The minimum absolute atomic E-state index is 0.0874. The molecule has 104 valence electrons. The van der Waals surface area contributed by atoms with Gasteiger partial charge in [0.2, 0.25) is 0 Å². The summed E-state index contributed by atoms with van der Waals surface area (Å²) in [5, 5.41) is 9.91. The van der Waals surface area contributed by atoms with E-state index in [-0.39, 0.29) is 16.7 Å². The highest BCUT2D eigenvalue weighted by molar-refractivity contribution is 8.06. The number of rotatable bonds is 3. The van der Waals surface area contributed by atoms with Crippen LogP contribution in [0.25, 0.3) is 0 Å².